The van der Waals surface area contributed by atoms with E-state index in [2.05, 4.69) is 10.6 Å². The first-order valence-electron chi connectivity index (χ1n) is 10.1. The maximum Gasteiger partial charge on any atom is 0.254 e. The van der Waals surface area contributed by atoms with E-state index in [0.717, 1.165) is 18.4 Å². The highest BCUT2D eigenvalue weighted by molar-refractivity contribution is 6.00. The van der Waals surface area contributed by atoms with Crippen LogP contribution in [0.1, 0.15) is 60.9 Å². The van der Waals surface area contributed by atoms with E-state index in [1.54, 1.807) is 4.90 Å². The number of nitrogens with zero attached hydrogens (tertiary/aromatic N) is 1. The van der Waals surface area contributed by atoms with Crippen LogP contribution < -0.4 is 10.6 Å². The third-order valence-corrected chi connectivity index (χ3v) is 6.18. The van der Waals surface area contributed by atoms with E-state index in [-0.39, 0.29) is 36.3 Å². The number of amides is 3. The summed E-state index contributed by atoms with van der Waals surface area (Å²) in [5, 5.41) is 6.24. The zero-order valence-electron chi connectivity index (χ0n) is 15.6. The quantitative estimate of drug-likeness (QED) is 0.852. The van der Waals surface area contributed by atoms with Gasteiger partial charge in [-0.3, -0.25) is 14.4 Å². The lowest BCUT2D eigenvalue weighted by Crippen LogP contribution is -2.59. The van der Waals surface area contributed by atoms with Crippen LogP contribution in [0.5, 0.6) is 0 Å². The third kappa shape index (κ3) is 3.84. The highest BCUT2D eigenvalue weighted by Gasteiger charge is 2.36. The fourth-order valence-corrected chi connectivity index (χ4v) is 4.79. The molecule has 1 aromatic rings. The highest BCUT2D eigenvalue weighted by Crippen LogP contribution is 2.30. The topological polar surface area (TPSA) is 78.5 Å². The van der Waals surface area contributed by atoms with Gasteiger partial charge in [0.25, 0.3) is 5.91 Å². The van der Waals surface area contributed by atoms with Crippen LogP contribution in [-0.4, -0.2) is 41.2 Å². The van der Waals surface area contributed by atoms with Gasteiger partial charge in [0.05, 0.1) is 6.04 Å². The smallest absolute Gasteiger partial charge is 0.254 e. The molecule has 2 atom stereocenters. The summed E-state index contributed by atoms with van der Waals surface area (Å²) < 4.78 is 0. The summed E-state index contributed by atoms with van der Waals surface area (Å²) in [5.41, 5.74) is 1.66. The molecule has 0 aromatic heterocycles. The molecule has 0 bridgehead atoms. The van der Waals surface area contributed by atoms with Crippen molar-refractivity contribution in [1.29, 1.82) is 0 Å². The molecule has 0 radical (unpaired) electrons. The van der Waals surface area contributed by atoms with Gasteiger partial charge in [0.15, 0.2) is 0 Å². The van der Waals surface area contributed by atoms with Gasteiger partial charge in [0, 0.05) is 24.6 Å². The van der Waals surface area contributed by atoms with E-state index in [1.165, 1.54) is 19.3 Å². The van der Waals surface area contributed by atoms with Crippen molar-refractivity contribution >= 4 is 17.7 Å². The fourth-order valence-electron chi connectivity index (χ4n) is 4.79. The molecule has 6 nitrogen and oxygen atoms in total. The van der Waals surface area contributed by atoms with E-state index in [1.807, 2.05) is 24.3 Å². The molecule has 27 heavy (non-hydrogen) atoms. The number of piperidine rings is 1. The van der Waals surface area contributed by atoms with E-state index < -0.39 is 0 Å². The Hall–Kier alpha value is -2.37. The first-order valence-corrected chi connectivity index (χ1v) is 10.1. The third-order valence-electron chi connectivity index (χ3n) is 6.18. The van der Waals surface area contributed by atoms with Crippen LogP contribution in [0, 0.1) is 5.92 Å². The van der Waals surface area contributed by atoms with Gasteiger partial charge in [0.1, 0.15) is 6.54 Å². The molecule has 3 amide bonds. The monoisotopic (exact) mass is 369 g/mol. The van der Waals surface area contributed by atoms with E-state index in [4.69, 9.17) is 0 Å². The average Bonchev–Trinajstić information content (AvgIpc) is 2.99. The molecule has 1 saturated heterocycles. The number of rotatable bonds is 4. The predicted molar refractivity (Wildman–Crippen MR) is 101 cm³/mol. The van der Waals surface area contributed by atoms with Gasteiger partial charge >= 0.3 is 0 Å². The molecular weight excluding hydrogens is 342 g/mol. The lowest BCUT2D eigenvalue weighted by atomic mass is 9.78. The van der Waals surface area contributed by atoms with E-state index in [0.29, 0.717) is 30.9 Å². The van der Waals surface area contributed by atoms with Gasteiger partial charge < -0.3 is 15.5 Å². The zero-order chi connectivity index (χ0) is 18.8. The minimum absolute atomic E-state index is 0.0157. The van der Waals surface area contributed by atoms with Gasteiger partial charge in [-0.05, 0) is 36.8 Å². The van der Waals surface area contributed by atoms with Crippen molar-refractivity contribution in [3.63, 3.8) is 0 Å². The van der Waals surface area contributed by atoms with Crippen molar-refractivity contribution in [3.05, 3.63) is 35.4 Å². The molecule has 6 heteroatoms. The van der Waals surface area contributed by atoms with E-state index in [9.17, 15) is 14.4 Å². The molecule has 1 saturated carbocycles. The minimum atomic E-state index is -0.141. The SMILES string of the molecule is O=C(CN1Cc2ccccc2C1=O)NC1CCC(=O)NC1C1CCCCC1. The number of hydrogen-bond donors (Lipinski definition) is 2. The van der Waals surface area contributed by atoms with Crippen LogP contribution in [0.15, 0.2) is 24.3 Å². The van der Waals surface area contributed by atoms with Crippen molar-refractivity contribution < 1.29 is 14.4 Å². The number of nitrogens with one attached hydrogen (secondary N) is 2. The van der Waals surface area contributed by atoms with Gasteiger partial charge in [-0.15, -0.1) is 0 Å². The van der Waals surface area contributed by atoms with Crippen molar-refractivity contribution in [2.24, 2.45) is 5.92 Å². The maximum absolute atomic E-state index is 12.7. The summed E-state index contributed by atoms with van der Waals surface area (Å²) in [5.74, 6) is 0.298. The normalized spacial score (nSPS) is 25.9. The lowest BCUT2D eigenvalue weighted by molar-refractivity contribution is -0.128. The van der Waals surface area contributed by atoms with Crippen LogP contribution in [-0.2, 0) is 16.1 Å². The number of hydrogen-bond acceptors (Lipinski definition) is 3. The van der Waals surface area contributed by atoms with Crippen LogP contribution in [0.3, 0.4) is 0 Å². The second-order valence-electron chi connectivity index (χ2n) is 8.02. The first-order chi connectivity index (χ1) is 13.1. The molecule has 2 N–H and O–H groups in total. The first kappa shape index (κ1) is 18.0. The summed E-state index contributed by atoms with van der Waals surface area (Å²) in [6.07, 6.45) is 6.98. The Morgan fingerprint density at radius 2 is 1.89 bits per heavy atom. The second kappa shape index (κ2) is 7.71. The Bertz CT molecular complexity index is 742. The molecule has 0 spiro atoms. The Balaban J connectivity index is 1.38. The Kier molecular flexibility index (Phi) is 5.14. The largest absolute Gasteiger partial charge is 0.351 e. The van der Waals surface area contributed by atoms with Crippen LogP contribution in [0.25, 0.3) is 0 Å². The molecule has 2 unspecified atom stereocenters. The highest BCUT2D eigenvalue weighted by atomic mass is 16.2. The molecule has 2 heterocycles. The summed E-state index contributed by atoms with van der Waals surface area (Å²) >= 11 is 0. The van der Waals surface area contributed by atoms with Crippen molar-refractivity contribution in [2.45, 2.75) is 63.6 Å². The zero-order valence-corrected chi connectivity index (χ0v) is 15.6. The lowest BCUT2D eigenvalue weighted by Gasteiger charge is -2.39. The Morgan fingerprint density at radius 3 is 2.67 bits per heavy atom. The Morgan fingerprint density at radius 1 is 1.11 bits per heavy atom. The number of carbonyl (C=O) groups is 3. The van der Waals surface area contributed by atoms with Crippen LogP contribution in [0.4, 0.5) is 0 Å². The summed E-state index contributed by atoms with van der Waals surface area (Å²) in [6.45, 7) is 0.547. The average molecular weight is 369 g/mol. The fraction of sp³-hybridized carbons (Fsp3) is 0.571. The van der Waals surface area contributed by atoms with Crippen molar-refractivity contribution in [3.8, 4) is 0 Å². The standard InChI is InChI=1S/C21H27N3O3/c25-18-11-10-17(20(23-18)14-6-2-1-3-7-14)22-19(26)13-24-12-15-8-4-5-9-16(15)21(24)27/h4-5,8-9,14,17,20H,1-3,6-7,10-13H2,(H,22,26)(H,23,25). The predicted octanol–water partition coefficient (Wildman–Crippen LogP) is 1.99. The van der Waals surface area contributed by atoms with Crippen molar-refractivity contribution in [2.75, 3.05) is 6.54 Å². The number of fused-ring (bicyclic) bond motifs is 1. The molecule has 3 aliphatic rings. The summed E-state index contributed by atoms with van der Waals surface area (Å²) in [6, 6.07) is 7.47. The van der Waals surface area contributed by atoms with Gasteiger partial charge in [0.2, 0.25) is 11.8 Å². The van der Waals surface area contributed by atoms with Gasteiger partial charge in [-0.25, -0.2) is 0 Å². The summed E-state index contributed by atoms with van der Waals surface area (Å²) in [7, 11) is 0. The van der Waals surface area contributed by atoms with Crippen LogP contribution in [0.2, 0.25) is 0 Å². The second-order valence-corrected chi connectivity index (χ2v) is 8.02. The Labute approximate surface area is 159 Å². The maximum atomic E-state index is 12.7. The molecule has 144 valence electrons. The number of carbonyl (C=O) groups excluding carboxylic acids is 3. The molecule has 1 aromatic carbocycles. The van der Waals surface area contributed by atoms with Crippen molar-refractivity contribution in [1.82, 2.24) is 15.5 Å². The molecule has 2 aliphatic heterocycles. The molecular formula is C21H27N3O3. The summed E-state index contributed by atoms with van der Waals surface area (Å²) in [4.78, 5) is 38.6. The minimum Gasteiger partial charge on any atom is -0.351 e. The van der Waals surface area contributed by atoms with Gasteiger partial charge in [-0.1, -0.05) is 37.5 Å². The van der Waals surface area contributed by atoms with E-state index >= 15 is 0 Å². The van der Waals surface area contributed by atoms with Crippen LogP contribution >= 0.6 is 0 Å². The molecule has 1 aliphatic carbocycles. The molecule has 2 fully saturated rings. The molecule has 4 rings (SSSR count). The van der Waals surface area contributed by atoms with Gasteiger partial charge in [-0.2, -0.15) is 0 Å². The number of benzene rings is 1.